The number of hydrogen-bond donors (Lipinski definition) is 0. The summed E-state index contributed by atoms with van der Waals surface area (Å²) >= 11 is 0. The summed E-state index contributed by atoms with van der Waals surface area (Å²) in [5, 5.41) is 3.24. The SMILES string of the molecule is c1c2c(cc3c4c(c5c(c13)CC5)CC4)CCCC2. The smallest absolute Gasteiger partial charge is 0.0143 e. The van der Waals surface area contributed by atoms with Crippen LogP contribution >= 0.6 is 0 Å². The quantitative estimate of drug-likeness (QED) is 0.648. The molecule has 3 aliphatic rings. The Hall–Kier alpha value is -1.30. The van der Waals surface area contributed by atoms with E-state index >= 15 is 0 Å². The second-order valence-electron chi connectivity index (χ2n) is 6.29. The lowest BCUT2D eigenvalue weighted by Crippen LogP contribution is -2.22. The molecule has 0 nitrogen and oxygen atoms in total. The molecule has 0 radical (unpaired) electrons. The molecule has 90 valence electrons. The van der Waals surface area contributed by atoms with Crippen molar-refractivity contribution in [1.82, 2.24) is 0 Å². The highest BCUT2D eigenvalue weighted by Crippen LogP contribution is 2.43. The van der Waals surface area contributed by atoms with Gasteiger partial charge in [-0.25, -0.2) is 0 Å². The molecule has 0 aromatic heterocycles. The van der Waals surface area contributed by atoms with Crippen molar-refractivity contribution in [3.63, 3.8) is 0 Å². The maximum atomic E-state index is 2.56. The lowest BCUT2D eigenvalue weighted by Gasteiger charge is -2.34. The second-order valence-corrected chi connectivity index (χ2v) is 6.29. The summed E-state index contributed by atoms with van der Waals surface area (Å²) in [6.45, 7) is 0. The van der Waals surface area contributed by atoms with E-state index in [-0.39, 0.29) is 0 Å². The van der Waals surface area contributed by atoms with Crippen LogP contribution in [-0.4, -0.2) is 0 Å². The van der Waals surface area contributed by atoms with E-state index in [0.29, 0.717) is 0 Å². The zero-order valence-corrected chi connectivity index (χ0v) is 10.8. The van der Waals surface area contributed by atoms with Crippen LogP contribution in [0.5, 0.6) is 0 Å². The molecule has 0 aliphatic heterocycles. The van der Waals surface area contributed by atoms with E-state index in [2.05, 4.69) is 12.1 Å². The van der Waals surface area contributed by atoms with Gasteiger partial charge in [0.15, 0.2) is 0 Å². The maximum Gasteiger partial charge on any atom is -0.0143 e. The predicted octanol–water partition coefficient (Wildman–Crippen LogP) is 3.92. The highest BCUT2D eigenvalue weighted by molar-refractivity contribution is 5.94. The molecule has 3 aliphatic carbocycles. The van der Waals surface area contributed by atoms with Crippen LogP contribution in [0.15, 0.2) is 12.1 Å². The largest absolute Gasteiger partial charge is 0.0506 e. The van der Waals surface area contributed by atoms with E-state index in [9.17, 15) is 0 Å². The van der Waals surface area contributed by atoms with Crippen LogP contribution in [0.4, 0.5) is 0 Å². The molecule has 2 aromatic rings. The average Bonchev–Trinajstić information content (AvgIpc) is 2.32. The molecule has 0 amide bonds. The van der Waals surface area contributed by atoms with Crippen LogP contribution in [0.3, 0.4) is 0 Å². The third-order valence-electron chi connectivity index (χ3n) is 5.48. The molecular formula is C18H18. The van der Waals surface area contributed by atoms with Gasteiger partial charge in [-0.2, -0.15) is 0 Å². The van der Waals surface area contributed by atoms with Crippen molar-refractivity contribution in [2.75, 3.05) is 0 Å². The fraction of sp³-hybridized carbons (Fsp3) is 0.444. The first kappa shape index (κ1) is 9.61. The van der Waals surface area contributed by atoms with Crippen LogP contribution in [0.2, 0.25) is 0 Å². The Labute approximate surface area is 108 Å². The molecule has 0 heteroatoms. The molecule has 0 bridgehead atoms. The fourth-order valence-corrected chi connectivity index (χ4v) is 4.30. The van der Waals surface area contributed by atoms with Gasteiger partial charge < -0.3 is 0 Å². The molecular weight excluding hydrogens is 216 g/mol. The first-order valence-electron chi connectivity index (χ1n) is 7.53. The Kier molecular flexibility index (Phi) is 1.69. The van der Waals surface area contributed by atoms with E-state index in [4.69, 9.17) is 0 Å². The average molecular weight is 234 g/mol. The first-order chi connectivity index (χ1) is 8.92. The van der Waals surface area contributed by atoms with Gasteiger partial charge in [0.25, 0.3) is 0 Å². The fourth-order valence-electron chi connectivity index (χ4n) is 4.30. The molecule has 0 spiro atoms. The number of benzene rings is 2. The number of rotatable bonds is 0. The summed E-state index contributed by atoms with van der Waals surface area (Å²) in [5.74, 6) is 0. The number of hydrogen-bond acceptors (Lipinski definition) is 0. The second kappa shape index (κ2) is 3.17. The van der Waals surface area contributed by atoms with Crippen LogP contribution in [0.1, 0.15) is 46.2 Å². The highest BCUT2D eigenvalue weighted by atomic mass is 14.3. The number of aryl methyl sites for hydroxylation is 4. The van der Waals surface area contributed by atoms with Gasteiger partial charge >= 0.3 is 0 Å². The Bertz CT molecular complexity index is 631. The lowest BCUT2D eigenvalue weighted by atomic mass is 9.70. The molecule has 0 N–H and O–H groups in total. The Balaban J connectivity index is 1.91. The summed E-state index contributed by atoms with van der Waals surface area (Å²) < 4.78 is 0. The van der Waals surface area contributed by atoms with Crippen LogP contribution in [0, 0.1) is 0 Å². The van der Waals surface area contributed by atoms with Crippen LogP contribution < -0.4 is 0 Å². The van der Waals surface area contributed by atoms with Crippen molar-refractivity contribution in [2.45, 2.75) is 51.4 Å². The topological polar surface area (TPSA) is 0 Å². The Morgan fingerprint density at radius 3 is 1.33 bits per heavy atom. The van der Waals surface area contributed by atoms with Crippen molar-refractivity contribution in [3.8, 4) is 0 Å². The minimum atomic E-state index is 1.32. The maximum absolute atomic E-state index is 2.56. The van der Waals surface area contributed by atoms with E-state index in [0.717, 1.165) is 0 Å². The zero-order chi connectivity index (χ0) is 11.7. The summed E-state index contributed by atoms with van der Waals surface area (Å²) in [6, 6.07) is 5.11. The molecule has 0 saturated carbocycles. The molecule has 0 heterocycles. The minimum Gasteiger partial charge on any atom is -0.0506 e. The standard InChI is InChI=1S/C18H18/c1-2-4-12-10-18-16-8-6-14(16)13-5-7-15(13)17(18)9-11(12)3-1/h9-10H,1-8H2. The monoisotopic (exact) mass is 234 g/mol. The number of fused-ring (bicyclic) bond motifs is 7. The molecule has 18 heavy (non-hydrogen) atoms. The van der Waals surface area contributed by atoms with Crippen LogP contribution in [0.25, 0.3) is 10.8 Å². The third-order valence-corrected chi connectivity index (χ3v) is 5.48. The predicted molar refractivity (Wildman–Crippen MR) is 75.4 cm³/mol. The first-order valence-corrected chi connectivity index (χ1v) is 7.53. The minimum absolute atomic E-state index is 1.32. The van der Waals surface area contributed by atoms with E-state index < -0.39 is 0 Å². The Morgan fingerprint density at radius 2 is 0.944 bits per heavy atom. The normalized spacial score (nSPS) is 19.6. The van der Waals surface area contributed by atoms with Crippen molar-refractivity contribution >= 4 is 10.8 Å². The van der Waals surface area contributed by atoms with E-state index in [1.807, 2.05) is 0 Å². The van der Waals surface area contributed by atoms with Gasteiger partial charge in [-0.05, 0) is 95.5 Å². The lowest BCUT2D eigenvalue weighted by molar-refractivity contribution is 0.686. The van der Waals surface area contributed by atoms with E-state index in [1.165, 1.54) is 51.4 Å². The molecule has 0 atom stereocenters. The Morgan fingerprint density at radius 1 is 0.500 bits per heavy atom. The van der Waals surface area contributed by atoms with Gasteiger partial charge in [-0.3, -0.25) is 0 Å². The molecule has 0 unspecified atom stereocenters. The summed E-state index contributed by atoms with van der Waals surface area (Å²) in [7, 11) is 0. The van der Waals surface area contributed by atoms with E-state index in [1.54, 1.807) is 44.2 Å². The summed E-state index contributed by atoms with van der Waals surface area (Å²) in [5.41, 5.74) is 10.2. The van der Waals surface area contributed by atoms with Gasteiger partial charge in [-0.15, -0.1) is 0 Å². The van der Waals surface area contributed by atoms with Gasteiger partial charge in [0, 0.05) is 0 Å². The van der Waals surface area contributed by atoms with Crippen molar-refractivity contribution in [2.24, 2.45) is 0 Å². The molecule has 0 fully saturated rings. The summed E-state index contributed by atoms with van der Waals surface area (Å²) in [6.07, 6.45) is 10.8. The molecule has 0 saturated heterocycles. The van der Waals surface area contributed by atoms with Gasteiger partial charge in [0.2, 0.25) is 0 Å². The van der Waals surface area contributed by atoms with Crippen molar-refractivity contribution in [3.05, 3.63) is 45.5 Å². The zero-order valence-electron chi connectivity index (χ0n) is 10.8. The molecule has 5 rings (SSSR count). The van der Waals surface area contributed by atoms with Crippen LogP contribution in [-0.2, 0) is 38.5 Å². The summed E-state index contributed by atoms with van der Waals surface area (Å²) in [4.78, 5) is 0. The van der Waals surface area contributed by atoms with Gasteiger partial charge in [-0.1, -0.05) is 12.1 Å². The molecule has 2 aromatic carbocycles. The van der Waals surface area contributed by atoms with Crippen molar-refractivity contribution in [1.29, 1.82) is 0 Å². The third kappa shape index (κ3) is 1.03. The van der Waals surface area contributed by atoms with Crippen molar-refractivity contribution < 1.29 is 0 Å². The van der Waals surface area contributed by atoms with Gasteiger partial charge in [0.1, 0.15) is 0 Å². The highest BCUT2D eigenvalue weighted by Gasteiger charge is 2.29. The van der Waals surface area contributed by atoms with Gasteiger partial charge in [0.05, 0.1) is 0 Å².